The van der Waals surface area contributed by atoms with Crippen LogP contribution in [0.5, 0.6) is 0 Å². The molecule has 1 aromatic heterocycles. The number of furan rings is 1. The highest BCUT2D eigenvalue weighted by atomic mass is 16.3. The van der Waals surface area contributed by atoms with Crippen molar-refractivity contribution in [3.05, 3.63) is 206 Å². The Morgan fingerprint density at radius 3 is 1.51 bits per heavy atom. The summed E-state index contributed by atoms with van der Waals surface area (Å²) in [6.07, 6.45) is 0. The van der Waals surface area contributed by atoms with Crippen LogP contribution >= 0.6 is 0 Å². The third-order valence-electron chi connectivity index (χ3n) is 12.8. The Hall–Kier alpha value is -7.74. The van der Waals surface area contributed by atoms with Gasteiger partial charge in [0.2, 0.25) is 0 Å². The predicted octanol–water partition coefficient (Wildman–Crippen LogP) is 16.7. The highest BCUT2D eigenvalue weighted by Crippen LogP contribution is 2.48. The fourth-order valence-electron chi connectivity index (χ4n) is 10.2. The molecule has 13 aromatic rings. The molecule has 1 nitrogen and oxygen atoms in total. The average Bonchev–Trinajstić information content (AvgIpc) is 3.71. The van der Waals surface area contributed by atoms with Gasteiger partial charge in [0.1, 0.15) is 11.2 Å². The van der Waals surface area contributed by atoms with Crippen molar-refractivity contribution in [1.82, 2.24) is 0 Å². The molecule has 59 heavy (non-hydrogen) atoms. The van der Waals surface area contributed by atoms with E-state index in [1.807, 2.05) is 0 Å². The molecule has 1 heterocycles. The predicted molar refractivity (Wildman–Crippen MR) is 253 cm³/mol. The molecular weight excluding hydrogens is 713 g/mol. The van der Waals surface area contributed by atoms with Crippen molar-refractivity contribution in [3.8, 4) is 33.4 Å². The molecule has 1 heteroatoms. The standard InChI is InChI=1S/C58H34O/c1-2-15-37-33-39(26-25-35(37)13-1)54-46-21-9-11-23-48(46)55(49-24-12-10-22-47(49)54)50-31-30-40(42-17-5-6-18-43(42)50)38-27-29-51-52(34-38)44-19-7-8-20-45(44)57-56-41-16-4-3-14-36(41)28-32-53(56)59-58(51)57/h1-34H. The number of fused-ring (bicyclic) bond motifs is 14. The van der Waals surface area contributed by atoms with Crippen LogP contribution in [0.1, 0.15) is 0 Å². The molecule has 0 radical (unpaired) electrons. The SMILES string of the molecule is c1ccc2cc(-c3c4ccccc4c(-c4ccc(-c5ccc6c(c5)c5ccccc5c5c6oc6ccc7ccccc7c65)c5ccccc45)c4ccccc34)ccc2c1. The third kappa shape index (κ3) is 4.67. The van der Waals surface area contributed by atoms with E-state index in [-0.39, 0.29) is 0 Å². The quantitative estimate of drug-likeness (QED) is 0.130. The maximum atomic E-state index is 6.79. The molecule has 0 N–H and O–H groups in total. The van der Waals surface area contributed by atoms with Gasteiger partial charge in [0.25, 0.3) is 0 Å². The van der Waals surface area contributed by atoms with Gasteiger partial charge < -0.3 is 4.42 Å². The maximum absolute atomic E-state index is 6.79. The minimum Gasteiger partial charge on any atom is -0.455 e. The van der Waals surface area contributed by atoms with Crippen molar-refractivity contribution < 1.29 is 4.42 Å². The van der Waals surface area contributed by atoms with E-state index in [0.29, 0.717) is 0 Å². The Balaban J connectivity index is 1.05. The van der Waals surface area contributed by atoms with Crippen LogP contribution in [-0.4, -0.2) is 0 Å². The minimum absolute atomic E-state index is 0.923. The first-order chi connectivity index (χ1) is 29.3. The summed E-state index contributed by atoms with van der Waals surface area (Å²) in [6, 6.07) is 75.8. The van der Waals surface area contributed by atoms with Crippen LogP contribution in [0.2, 0.25) is 0 Å². The lowest BCUT2D eigenvalue weighted by molar-refractivity contribution is 0.673. The monoisotopic (exact) mass is 746 g/mol. The fourth-order valence-corrected chi connectivity index (χ4v) is 10.2. The zero-order chi connectivity index (χ0) is 38.6. The molecule has 0 atom stereocenters. The summed E-state index contributed by atoms with van der Waals surface area (Å²) in [4.78, 5) is 0. The Kier molecular flexibility index (Phi) is 6.79. The van der Waals surface area contributed by atoms with E-state index in [4.69, 9.17) is 4.42 Å². The summed E-state index contributed by atoms with van der Waals surface area (Å²) >= 11 is 0. The molecule has 12 aromatic carbocycles. The highest BCUT2D eigenvalue weighted by molar-refractivity contribution is 6.34. The van der Waals surface area contributed by atoms with Gasteiger partial charge in [-0.15, -0.1) is 0 Å². The van der Waals surface area contributed by atoms with Crippen molar-refractivity contribution in [1.29, 1.82) is 0 Å². The van der Waals surface area contributed by atoms with Crippen molar-refractivity contribution in [2.45, 2.75) is 0 Å². The zero-order valence-electron chi connectivity index (χ0n) is 32.0. The van der Waals surface area contributed by atoms with Gasteiger partial charge in [0.15, 0.2) is 0 Å². The number of rotatable bonds is 3. The van der Waals surface area contributed by atoms with E-state index < -0.39 is 0 Å². The van der Waals surface area contributed by atoms with Crippen molar-refractivity contribution in [2.24, 2.45) is 0 Å². The first-order valence-electron chi connectivity index (χ1n) is 20.4. The minimum atomic E-state index is 0.923. The summed E-state index contributed by atoms with van der Waals surface area (Å²) in [5, 5.41) is 19.6. The Morgan fingerprint density at radius 2 is 0.780 bits per heavy atom. The van der Waals surface area contributed by atoms with Crippen LogP contribution in [-0.2, 0) is 0 Å². The van der Waals surface area contributed by atoms with E-state index >= 15 is 0 Å². The van der Waals surface area contributed by atoms with Gasteiger partial charge in [-0.3, -0.25) is 0 Å². The summed E-state index contributed by atoms with van der Waals surface area (Å²) in [5.74, 6) is 0. The summed E-state index contributed by atoms with van der Waals surface area (Å²) in [5.41, 5.74) is 9.30. The smallest absolute Gasteiger partial charge is 0.143 e. The van der Waals surface area contributed by atoms with Crippen LogP contribution in [0, 0.1) is 0 Å². The summed E-state index contributed by atoms with van der Waals surface area (Å²) < 4.78 is 6.79. The van der Waals surface area contributed by atoms with E-state index in [9.17, 15) is 0 Å². The van der Waals surface area contributed by atoms with E-state index in [2.05, 4.69) is 206 Å². The van der Waals surface area contributed by atoms with E-state index in [1.54, 1.807) is 0 Å². The van der Waals surface area contributed by atoms with Gasteiger partial charge >= 0.3 is 0 Å². The molecule has 0 fully saturated rings. The maximum Gasteiger partial charge on any atom is 0.143 e. The summed E-state index contributed by atoms with van der Waals surface area (Å²) in [6.45, 7) is 0. The second kappa shape index (κ2) is 12.4. The van der Waals surface area contributed by atoms with Gasteiger partial charge in [-0.25, -0.2) is 0 Å². The molecule has 0 aliphatic heterocycles. The van der Waals surface area contributed by atoms with Crippen LogP contribution in [0.25, 0.3) is 131 Å². The van der Waals surface area contributed by atoms with Gasteiger partial charge in [-0.2, -0.15) is 0 Å². The number of benzene rings is 12. The highest BCUT2D eigenvalue weighted by Gasteiger charge is 2.21. The van der Waals surface area contributed by atoms with E-state index in [1.165, 1.54) is 114 Å². The molecule has 0 unspecified atom stereocenters. The van der Waals surface area contributed by atoms with Gasteiger partial charge in [-0.05, 0) is 128 Å². The molecule has 0 saturated heterocycles. The van der Waals surface area contributed by atoms with Crippen LogP contribution in [0.15, 0.2) is 211 Å². The topological polar surface area (TPSA) is 13.1 Å². The van der Waals surface area contributed by atoms with Crippen molar-refractivity contribution in [2.75, 3.05) is 0 Å². The first-order valence-corrected chi connectivity index (χ1v) is 20.4. The Labute approximate surface area is 340 Å². The second-order valence-electron chi connectivity index (χ2n) is 15.9. The normalized spacial score (nSPS) is 12.1. The molecule has 0 amide bonds. The van der Waals surface area contributed by atoms with Gasteiger partial charge in [-0.1, -0.05) is 182 Å². The number of hydrogen-bond acceptors (Lipinski definition) is 1. The molecule has 0 saturated carbocycles. The van der Waals surface area contributed by atoms with Crippen molar-refractivity contribution in [3.63, 3.8) is 0 Å². The molecule has 0 spiro atoms. The second-order valence-corrected chi connectivity index (χ2v) is 15.9. The van der Waals surface area contributed by atoms with Crippen LogP contribution in [0.4, 0.5) is 0 Å². The third-order valence-corrected chi connectivity index (χ3v) is 12.8. The zero-order valence-corrected chi connectivity index (χ0v) is 32.0. The van der Waals surface area contributed by atoms with Crippen LogP contribution < -0.4 is 0 Å². The molecule has 0 aliphatic carbocycles. The van der Waals surface area contributed by atoms with Crippen LogP contribution in [0.3, 0.4) is 0 Å². The van der Waals surface area contributed by atoms with E-state index in [0.717, 1.165) is 16.6 Å². The molecule has 13 rings (SSSR count). The van der Waals surface area contributed by atoms with Crippen molar-refractivity contribution >= 4 is 97.3 Å². The Morgan fingerprint density at radius 1 is 0.254 bits per heavy atom. The largest absolute Gasteiger partial charge is 0.455 e. The molecule has 0 bridgehead atoms. The first kappa shape index (κ1) is 32.4. The molecular formula is C58H34O. The number of hydrogen-bond donors (Lipinski definition) is 0. The van der Waals surface area contributed by atoms with Gasteiger partial charge in [0, 0.05) is 16.2 Å². The van der Waals surface area contributed by atoms with Gasteiger partial charge in [0.05, 0.1) is 0 Å². The Bertz CT molecular complexity index is 3850. The lowest BCUT2D eigenvalue weighted by atomic mass is 9.83. The lowest BCUT2D eigenvalue weighted by Crippen LogP contribution is -1.92. The molecule has 0 aliphatic rings. The lowest BCUT2D eigenvalue weighted by Gasteiger charge is -2.20. The average molecular weight is 747 g/mol. The summed E-state index contributed by atoms with van der Waals surface area (Å²) in [7, 11) is 0. The fraction of sp³-hybridized carbons (Fsp3) is 0. The molecule has 272 valence electrons.